The molecule has 4 aromatic carbocycles. The largest absolute Gasteiger partial charge is 0.481 e. The Hall–Kier alpha value is -3.72. The molecule has 50 heavy (non-hydrogen) atoms. The molecule has 4 N–H and O–H groups in total. The van der Waals surface area contributed by atoms with Crippen LogP contribution in [0.25, 0.3) is 33.4 Å². The lowest BCUT2D eigenvalue weighted by Gasteiger charge is -2.32. The fourth-order valence-electron chi connectivity index (χ4n) is 8.00. The van der Waals surface area contributed by atoms with E-state index in [1.807, 2.05) is 36.4 Å². The highest BCUT2D eigenvalue weighted by Gasteiger charge is 2.27. The Bertz CT molecular complexity index is 1800. The first-order valence-corrected chi connectivity index (χ1v) is 18.0. The summed E-state index contributed by atoms with van der Waals surface area (Å²) in [7, 11) is 0. The van der Waals surface area contributed by atoms with E-state index in [2.05, 4.69) is 43.0 Å². The Morgan fingerprint density at radius 1 is 0.720 bits per heavy atom. The van der Waals surface area contributed by atoms with Gasteiger partial charge in [-0.15, -0.1) is 0 Å². The number of carboxylic acids is 2. The number of β-amino-alcohol motifs (C(OH)–C–C–N with tert-alkyl or cyclic N) is 1. The molecular weight excluding hydrogens is 673 g/mol. The minimum Gasteiger partial charge on any atom is -0.481 e. The van der Waals surface area contributed by atoms with Crippen LogP contribution in [0.5, 0.6) is 0 Å². The second-order valence-electron chi connectivity index (χ2n) is 13.9. The number of aryl methyl sites for hydroxylation is 1. The molecule has 1 heterocycles. The summed E-state index contributed by atoms with van der Waals surface area (Å²) in [5.41, 5.74) is 12.8. The molecule has 0 bridgehead atoms. The molecule has 0 aromatic heterocycles. The van der Waals surface area contributed by atoms with Crippen LogP contribution < -0.4 is 0 Å². The quantitative estimate of drug-likeness (QED) is 0.124. The molecule has 2 aliphatic rings. The summed E-state index contributed by atoms with van der Waals surface area (Å²) in [6.07, 6.45) is 1.62. The van der Waals surface area contributed by atoms with Crippen LogP contribution in [0.1, 0.15) is 59.1 Å². The minimum absolute atomic E-state index is 0.216. The number of aliphatic hydroxyl groups excluding tert-OH is 2. The summed E-state index contributed by atoms with van der Waals surface area (Å²) in [5, 5.41) is 40.0. The van der Waals surface area contributed by atoms with Gasteiger partial charge in [-0.05, 0) is 96.4 Å². The van der Waals surface area contributed by atoms with Crippen molar-refractivity contribution in [1.29, 1.82) is 0 Å². The number of aliphatic carboxylic acids is 2. The van der Waals surface area contributed by atoms with Gasteiger partial charge in [0.1, 0.15) is 0 Å². The zero-order valence-corrected chi connectivity index (χ0v) is 29.9. The Labute approximate surface area is 303 Å². The van der Waals surface area contributed by atoms with Crippen molar-refractivity contribution in [3.63, 3.8) is 0 Å². The van der Waals surface area contributed by atoms with E-state index in [1.54, 1.807) is 0 Å². The average Bonchev–Trinajstić information content (AvgIpc) is 3.06. The number of carboxylic acid groups (broad SMARTS) is 2. The lowest BCUT2D eigenvalue weighted by Crippen LogP contribution is -2.37. The van der Waals surface area contributed by atoms with Gasteiger partial charge in [-0.1, -0.05) is 83.9 Å². The average molecular weight is 717 g/mol. The van der Waals surface area contributed by atoms with Crippen LogP contribution in [0.2, 0.25) is 10.0 Å². The number of halogens is 2. The van der Waals surface area contributed by atoms with Crippen molar-refractivity contribution in [2.24, 2.45) is 5.92 Å². The second-order valence-corrected chi connectivity index (χ2v) is 14.7. The van der Waals surface area contributed by atoms with Gasteiger partial charge >= 0.3 is 11.9 Å². The van der Waals surface area contributed by atoms with Crippen molar-refractivity contribution in [1.82, 2.24) is 4.90 Å². The van der Waals surface area contributed by atoms with E-state index in [0.717, 1.165) is 76.7 Å². The topological polar surface area (TPSA) is 118 Å². The van der Waals surface area contributed by atoms with Crippen molar-refractivity contribution in [2.45, 2.75) is 77.5 Å². The highest BCUT2D eigenvalue weighted by Crippen LogP contribution is 2.45. The highest BCUT2D eigenvalue weighted by molar-refractivity contribution is 6.39. The van der Waals surface area contributed by atoms with Crippen molar-refractivity contribution in [3.05, 3.63) is 104 Å². The lowest BCUT2D eigenvalue weighted by atomic mass is 9.77. The Kier molecular flexibility index (Phi) is 11.0. The van der Waals surface area contributed by atoms with E-state index in [0.29, 0.717) is 29.6 Å². The van der Waals surface area contributed by atoms with Crippen LogP contribution in [0.15, 0.2) is 60.7 Å². The van der Waals surface area contributed by atoms with Crippen LogP contribution in [0.4, 0.5) is 0 Å². The maximum absolute atomic E-state index is 11.1. The van der Waals surface area contributed by atoms with Crippen LogP contribution in [0, 0.1) is 19.8 Å². The van der Waals surface area contributed by atoms with Crippen LogP contribution in [0.3, 0.4) is 0 Å². The van der Waals surface area contributed by atoms with Gasteiger partial charge in [0.25, 0.3) is 0 Å². The number of hydrogen-bond donors (Lipinski definition) is 4. The number of benzene rings is 4. The van der Waals surface area contributed by atoms with E-state index in [9.17, 15) is 19.8 Å². The monoisotopic (exact) mass is 715 g/mol. The fourth-order valence-corrected chi connectivity index (χ4v) is 8.66. The van der Waals surface area contributed by atoms with Crippen molar-refractivity contribution >= 4 is 35.1 Å². The zero-order chi connectivity index (χ0) is 35.7. The standard InChI is InChI=1S/C41H43Cl2NO6/c1-23-30(13-11-26-10-9-25(18-36(23)26)17-28(45)19-38(47)48)32-5-3-7-34(40(32)42)35-8-4-6-33(41(35)43)31-14-12-27-15-16-44(22-37(27)24(31)2)21-29(46)20-39(49)50/h3-8,11-14,25,28-29,45-46H,9-10,15-22H2,1-2H3,(H,47,48)(H,49,50). The van der Waals surface area contributed by atoms with Gasteiger partial charge in [-0.2, -0.15) is 0 Å². The van der Waals surface area contributed by atoms with Gasteiger partial charge in [0.15, 0.2) is 0 Å². The van der Waals surface area contributed by atoms with E-state index in [1.165, 1.54) is 22.3 Å². The molecule has 1 aliphatic carbocycles. The van der Waals surface area contributed by atoms with E-state index < -0.39 is 24.1 Å². The minimum atomic E-state index is -1.01. The van der Waals surface area contributed by atoms with E-state index in [4.69, 9.17) is 33.4 Å². The lowest BCUT2D eigenvalue weighted by molar-refractivity contribution is -0.140. The molecule has 1 aliphatic heterocycles. The van der Waals surface area contributed by atoms with Crippen LogP contribution in [-0.2, 0) is 35.4 Å². The number of nitrogens with zero attached hydrogens (tertiary/aromatic N) is 1. The highest BCUT2D eigenvalue weighted by atomic mass is 35.5. The zero-order valence-electron chi connectivity index (χ0n) is 28.4. The molecule has 0 radical (unpaired) electrons. The molecule has 262 valence electrons. The Balaban J connectivity index is 1.30. The number of hydrogen-bond acceptors (Lipinski definition) is 5. The van der Waals surface area contributed by atoms with Gasteiger partial charge in [0.2, 0.25) is 0 Å². The molecular formula is C41H43Cl2NO6. The van der Waals surface area contributed by atoms with Crippen LogP contribution >= 0.6 is 23.2 Å². The van der Waals surface area contributed by atoms with Gasteiger partial charge in [-0.25, -0.2) is 0 Å². The van der Waals surface area contributed by atoms with Gasteiger partial charge in [0, 0.05) is 41.9 Å². The Morgan fingerprint density at radius 2 is 1.22 bits per heavy atom. The molecule has 0 saturated carbocycles. The number of fused-ring (bicyclic) bond motifs is 2. The van der Waals surface area contributed by atoms with Crippen molar-refractivity contribution in [2.75, 3.05) is 13.1 Å². The maximum atomic E-state index is 11.1. The molecule has 6 rings (SSSR count). The second kappa shape index (κ2) is 15.3. The predicted octanol–water partition coefficient (Wildman–Crippen LogP) is 8.14. The maximum Gasteiger partial charge on any atom is 0.306 e. The smallest absolute Gasteiger partial charge is 0.306 e. The number of rotatable bonds is 11. The summed E-state index contributed by atoms with van der Waals surface area (Å²) >= 11 is 14.5. The fraction of sp³-hybridized carbons (Fsp3) is 0.366. The molecule has 9 heteroatoms. The number of carbonyl (C=O) groups is 2. The third-order valence-electron chi connectivity index (χ3n) is 10.5. The molecule has 0 spiro atoms. The van der Waals surface area contributed by atoms with Crippen molar-refractivity contribution in [3.8, 4) is 33.4 Å². The third-order valence-corrected chi connectivity index (χ3v) is 11.4. The van der Waals surface area contributed by atoms with Gasteiger partial charge in [-0.3, -0.25) is 14.5 Å². The molecule has 0 fully saturated rings. The third kappa shape index (κ3) is 7.63. The Morgan fingerprint density at radius 3 is 1.78 bits per heavy atom. The number of aliphatic hydroxyl groups is 2. The summed E-state index contributed by atoms with van der Waals surface area (Å²) in [6, 6.07) is 20.6. The molecule has 7 nitrogen and oxygen atoms in total. The summed E-state index contributed by atoms with van der Waals surface area (Å²) in [6.45, 7) is 5.90. The van der Waals surface area contributed by atoms with Crippen molar-refractivity contribution < 1.29 is 30.0 Å². The first-order valence-electron chi connectivity index (χ1n) is 17.2. The van der Waals surface area contributed by atoms with E-state index >= 15 is 0 Å². The predicted molar refractivity (Wildman–Crippen MR) is 198 cm³/mol. The van der Waals surface area contributed by atoms with E-state index in [-0.39, 0.29) is 18.8 Å². The first-order chi connectivity index (χ1) is 23.9. The van der Waals surface area contributed by atoms with Gasteiger partial charge in [0.05, 0.1) is 35.1 Å². The van der Waals surface area contributed by atoms with Crippen LogP contribution in [-0.4, -0.2) is 62.6 Å². The molecule has 0 amide bonds. The molecule has 3 unspecified atom stereocenters. The normalized spacial score (nSPS) is 17.1. The summed E-state index contributed by atoms with van der Waals surface area (Å²) in [4.78, 5) is 24.3. The molecule has 0 saturated heterocycles. The summed E-state index contributed by atoms with van der Waals surface area (Å²) < 4.78 is 0. The summed E-state index contributed by atoms with van der Waals surface area (Å²) in [5.74, 6) is -1.77. The van der Waals surface area contributed by atoms with Gasteiger partial charge < -0.3 is 20.4 Å². The SMILES string of the molecule is Cc1c(-c2cccc(-c3cccc(-c4ccc5c(c4C)CN(CC(O)CC(=O)O)CC5)c3Cl)c2Cl)ccc2c1CC(CC(O)CC(=O)O)CC2. The first kappa shape index (κ1) is 36.1. The molecule has 4 aromatic rings. The molecule has 3 atom stereocenters.